The highest BCUT2D eigenvalue weighted by Crippen LogP contribution is 2.32. The minimum Gasteiger partial charge on any atom is -0.504 e. The number of aromatic hydroxyl groups is 2. The van der Waals surface area contributed by atoms with E-state index < -0.39 is 0 Å². The molecule has 0 atom stereocenters. The molecule has 78 valence electrons. The number of nitrogens with one attached hydrogen (secondary N) is 1. The van der Waals surface area contributed by atoms with E-state index in [2.05, 4.69) is 5.32 Å². The fraction of sp³-hybridized carbons (Fsp3) is 0.400. The summed E-state index contributed by atoms with van der Waals surface area (Å²) in [4.78, 5) is 0. The molecule has 1 rings (SSSR count). The van der Waals surface area contributed by atoms with E-state index in [0.29, 0.717) is 12.2 Å². The summed E-state index contributed by atoms with van der Waals surface area (Å²) < 4.78 is 0. The monoisotopic (exact) mass is 197 g/mol. The zero-order chi connectivity index (χ0) is 10.4. The predicted octanol–water partition coefficient (Wildman–Crippen LogP) is 1.28. The molecule has 0 radical (unpaired) electrons. The summed E-state index contributed by atoms with van der Waals surface area (Å²) in [7, 11) is 0. The molecule has 1 aromatic carbocycles. The lowest BCUT2D eigenvalue weighted by molar-refractivity contribution is 0.286. The van der Waals surface area contributed by atoms with Gasteiger partial charge >= 0.3 is 0 Å². The Morgan fingerprint density at radius 2 is 1.93 bits per heavy atom. The van der Waals surface area contributed by atoms with Crippen LogP contribution in [-0.2, 0) is 0 Å². The SMILES string of the molecule is OCCCCNc1cccc(O)c1O. The minimum absolute atomic E-state index is 0.128. The van der Waals surface area contributed by atoms with Gasteiger partial charge in [0.1, 0.15) is 0 Å². The summed E-state index contributed by atoms with van der Waals surface area (Å²) in [5.41, 5.74) is 0.517. The van der Waals surface area contributed by atoms with Gasteiger partial charge in [0, 0.05) is 13.2 Å². The van der Waals surface area contributed by atoms with Gasteiger partial charge in [0.2, 0.25) is 0 Å². The molecule has 0 spiro atoms. The second-order valence-corrected chi connectivity index (χ2v) is 3.03. The average Bonchev–Trinajstić information content (AvgIpc) is 2.19. The Morgan fingerprint density at radius 3 is 2.64 bits per heavy atom. The van der Waals surface area contributed by atoms with Gasteiger partial charge in [-0.3, -0.25) is 0 Å². The van der Waals surface area contributed by atoms with Crippen LogP contribution in [0.4, 0.5) is 5.69 Å². The molecule has 0 aliphatic heterocycles. The molecule has 0 fully saturated rings. The van der Waals surface area contributed by atoms with Crippen LogP contribution in [0.3, 0.4) is 0 Å². The Labute approximate surface area is 82.8 Å². The number of para-hydroxylation sites is 1. The van der Waals surface area contributed by atoms with Crippen molar-refractivity contribution in [3.05, 3.63) is 18.2 Å². The summed E-state index contributed by atoms with van der Waals surface area (Å²) in [6.45, 7) is 0.839. The van der Waals surface area contributed by atoms with Crippen LogP contribution < -0.4 is 5.32 Å². The number of unbranched alkanes of at least 4 members (excludes halogenated alkanes) is 1. The van der Waals surface area contributed by atoms with Crippen LogP contribution in [0, 0.1) is 0 Å². The molecule has 4 nitrogen and oxygen atoms in total. The van der Waals surface area contributed by atoms with Crippen LogP contribution in [0.1, 0.15) is 12.8 Å². The molecular formula is C10H15NO3. The number of rotatable bonds is 5. The standard InChI is InChI=1S/C10H15NO3/c12-7-2-1-6-11-8-4-3-5-9(13)10(8)14/h3-5,11-14H,1-2,6-7H2. The van der Waals surface area contributed by atoms with Crippen LogP contribution in [0.2, 0.25) is 0 Å². The minimum atomic E-state index is -0.128. The van der Waals surface area contributed by atoms with E-state index in [1.165, 1.54) is 6.07 Å². The number of anilines is 1. The third-order valence-corrected chi connectivity index (χ3v) is 1.92. The van der Waals surface area contributed by atoms with Crippen molar-refractivity contribution in [1.29, 1.82) is 0 Å². The Morgan fingerprint density at radius 1 is 1.14 bits per heavy atom. The molecule has 0 bridgehead atoms. The molecule has 0 saturated heterocycles. The summed E-state index contributed by atoms with van der Waals surface area (Å²) in [5.74, 6) is -0.256. The molecule has 0 heterocycles. The number of phenolic OH excluding ortho intramolecular Hbond substituents is 2. The Hall–Kier alpha value is -1.42. The maximum absolute atomic E-state index is 9.39. The van der Waals surface area contributed by atoms with Gasteiger partial charge in [0.15, 0.2) is 11.5 Å². The van der Waals surface area contributed by atoms with Gasteiger partial charge in [-0.2, -0.15) is 0 Å². The first-order valence-corrected chi connectivity index (χ1v) is 4.61. The van der Waals surface area contributed by atoms with Gasteiger partial charge in [-0.15, -0.1) is 0 Å². The second-order valence-electron chi connectivity index (χ2n) is 3.03. The van der Waals surface area contributed by atoms with Crippen molar-refractivity contribution in [3.63, 3.8) is 0 Å². The van der Waals surface area contributed by atoms with E-state index in [1.807, 2.05) is 0 Å². The lowest BCUT2D eigenvalue weighted by Crippen LogP contribution is -2.02. The quantitative estimate of drug-likeness (QED) is 0.424. The van der Waals surface area contributed by atoms with Crippen LogP contribution >= 0.6 is 0 Å². The van der Waals surface area contributed by atoms with Gasteiger partial charge in [-0.05, 0) is 25.0 Å². The number of hydrogen-bond donors (Lipinski definition) is 4. The number of phenols is 2. The second kappa shape index (κ2) is 5.34. The lowest BCUT2D eigenvalue weighted by Gasteiger charge is -2.08. The normalized spacial score (nSPS) is 10.1. The summed E-state index contributed by atoms with van der Waals surface area (Å²) in [5, 5.41) is 30.1. The molecule has 1 aromatic rings. The van der Waals surface area contributed by atoms with E-state index in [9.17, 15) is 10.2 Å². The number of benzene rings is 1. The smallest absolute Gasteiger partial charge is 0.181 e. The van der Waals surface area contributed by atoms with Crippen molar-refractivity contribution >= 4 is 5.69 Å². The maximum atomic E-state index is 9.39. The average molecular weight is 197 g/mol. The molecule has 0 aliphatic carbocycles. The van der Waals surface area contributed by atoms with Gasteiger partial charge in [0.25, 0.3) is 0 Å². The fourth-order valence-electron chi connectivity index (χ4n) is 1.13. The van der Waals surface area contributed by atoms with Gasteiger partial charge in [-0.25, -0.2) is 0 Å². The fourth-order valence-corrected chi connectivity index (χ4v) is 1.13. The van der Waals surface area contributed by atoms with Crippen molar-refractivity contribution in [2.75, 3.05) is 18.5 Å². The molecule has 14 heavy (non-hydrogen) atoms. The van der Waals surface area contributed by atoms with Crippen LogP contribution in [0.5, 0.6) is 11.5 Å². The van der Waals surface area contributed by atoms with Crippen molar-refractivity contribution in [2.24, 2.45) is 0 Å². The Balaban J connectivity index is 2.46. The zero-order valence-corrected chi connectivity index (χ0v) is 7.90. The first-order chi connectivity index (χ1) is 6.75. The lowest BCUT2D eigenvalue weighted by atomic mass is 10.2. The van der Waals surface area contributed by atoms with Crippen molar-refractivity contribution in [3.8, 4) is 11.5 Å². The topological polar surface area (TPSA) is 72.7 Å². The third kappa shape index (κ3) is 2.81. The molecule has 0 aliphatic rings. The highest BCUT2D eigenvalue weighted by Gasteiger charge is 2.03. The molecule has 4 N–H and O–H groups in total. The zero-order valence-electron chi connectivity index (χ0n) is 7.90. The third-order valence-electron chi connectivity index (χ3n) is 1.92. The highest BCUT2D eigenvalue weighted by atomic mass is 16.3. The van der Waals surface area contributed by atoms with Crippen molar-refractivity contribution in [1.82, 2.24) is 0 Å². The van der Waals surface area contributed by atoms with Gasteiger partial charge < -0.3 is 20.6 Å². The first kappa shape index (κ1) is 10.7. The molecular weight excluding hydrogens is 182 g/mol. The Bertz CT molecular complexity index is 289. The van der Waals surface area contributed by atoms with Crippen molar-refractivity contribution in [2.45, 2.75) is 12.8 Å². The number of aliphatic hydroxyl groups is 1. The molecule has 0 unspecified atom stereocenters. The van der Waals surface area contributed by atoms with Gasteiger partial charge in [0.05, 0.1) is 5.69 Å². The molecule has 0 saturated carbocycles. The Kier molecular flexibility index (Phi) is 4.07. The van der Waals surface area contributed by atoms with Crippen LogP contribution in [0.15, 0.2) is 18.2 Å². The largest absolute Gasteiger partial charge is 0.504 e. The molecule has 0 aromatic heterocycles. The van der Waals surface area contributed by atoms with E-state index in [0.717, 1.165) is 12.8 Å². The van der Waals surface area contributed by atoms with Crippen molar-refractivity contribution < 1.29 is 15.3 Å². The number of aliphatic hydroxyl groups excluding tert-OH is 1. The highest BCUT2D eigenvalue weighted by molar-refractivity contribution is 5.61. The summed E-state index contributed by atoms with van der Waals surface area (Å²) in [6.07, 6.45) is 1.55. The molecule has 0 amide bonds. The molecule has 4 heteroatoms. The first-order valence-electron chi connectivity index (χ1n) is 4.61. The van der Waals surface area contributed by atoms with E-state index in [-0.39, 0.29) is 18.1 Å². The summed E-state index contributed by atoms with van der Waals surface area (Å²) in [6, 6.07) is 4.77. The van der Waals surface area contributed by atoms with Gasteiger partial charge in [-0.1, -0.05) is 6.07 Å². The van der Waals surface area contributed by atoms with E-state index >= 15 is 0 Å². The number of hydrogen-bond acceptors (Lipinski definition) is 4. The van der Waals surface area contributed by atoms with Crippen LogP contribution in [0.25, 0.3) is 0 Å². The van der Waals surface area contributed by atoms with Crippen LogP contribution in [-0.4, -0.2) is 28.5 Å². The maximum Gasteiger partial charge on any atom is 0.181 e. The van der Waals surface area contributed by atoms with E-state index in [4.69, 9.17) is 5.11 Å². The summed E-state index contributed by atoms with van der Waals surface area (Å²) >= 11 is 0. The van der Waals surface area contributed by atoms with E-state index in [1.54, 1.807) is 12.1 Å². The predicted molar refractivity (Wildman–Crippen MR) is 54.6 cm³/mol.